The molecule has 2 aromatic carbocycles. The van der Waals surface area contributed by atoms with Gasteiger partial charge in [0.05, 0.1) is 18.4 Å². The highest BCUT2D eigenvalue weighted by Crippen LogP contribution is 2.39. The molecule has 8 nitrogen and oxygen atoms in total. The van der Waals surface area contributed by atoms with Crippen LogP contribution >= 0.6 is 12.2 Å². The molecule has 0 saturated carbocycles. The van der Waals surface area contributed by atoms with Crippen LogP contribution in [0.3, 0.4) is 0 Å². The van der Waals surface area contributed by atoms with Crippen molar-refractivity contribution in [3.8, 4) is 34.3 Å². The maximum Gasteiger partial charge on any atom is 0.261 e. The van der Waals surface area contributed by atoms with Gasteiger partial charge in [-0.1, -0.05) is 32.9 Å². The number of rotatable bonds is 6. The van der Waals surface area contributed by atoms with E-state index in [1.165, 1.54) is 19.2 Å². The van der Waals surface area contributed by atoms with Crippen LogP contribution in [0.15, 0.2) is 36.4 Å². The number of aromatic hydroxyl groups is 2. The van der Waals surface area contributed by atoms with E-state index in [0.717, 1.165) is 5.56 Å². The van der Waals surface area contributed by atoms with E-state index in [0.29, 0.717) is 17.5 Å². The first-order valence-electron chi connectivity index (χ1n) is 9.39. The van der Waals surface area contributed by atoms with E-state index < -0.39 is 5.17 Å². The van der Waals surface area contributed by atoms with E-state index in [9.17, 15) is 15.3 Å². The van der Waals surface area contributed by atoms with Gasteiger partial charge in [-0.3, -0.25) is 9.88 Å². The van der Waals surface area contributed by atoms with E-state index in [4.69, 9.17) is 17.0 Å². The van der Waals surface area contributed by atoms with E-state index in [1.54, 1.807) is 4.57 Å². The molecule has 0 aliphatic heterocycles. The number of aromatic nitrogens is 3. The third-order valence-electron chi connectivity index (χ3n) is 5.07. The molecule has 0 spiro atoms. The number of hydrogen-bond acceptors (Lipinski definition) is 6. The average molecular weight is 429 g/mol. The molecule has 9 heteroatoms. The Morgan fingerprint density at radius 3 is 2.47 bits per heavy atom. The summed E-state index contributed by atoms with van der Waals surface area (Å²) in [5.74, 6) is 0.971. The Hall–Kier alpha value is -3.33. The Bertz CT molecular complexity index is 1080. The molecule has 30 heavy (non-hydrogen) atoms. The minimum Gasteiger partial charge on any atom is -0.507 e. The van der Waals surface area contributed by atoms with Crippen LogP contribution in [0.4, 0.5) is 5.95 Å². The number of aliphatic hydroxyl groups excluding tert-OH is 1. The monoisotopic (exact) mass is 428 g/mol. The van der Waals surface area contributed by atoms with Crippen LogP contribution in [0.1, 0.15) is 32.3 Å². The lowest BCUT2D eigenvalue weighted by Gasteiger charge is -2.18. The first-order chi connectivity index (χ1) is 14.2. The molecular formula is C21H24N4O4S. The standard InChI is InChI=1S/C21H24N4O4S/c1-11(2)12(3)13-6-5-7-14(8-13)25-19(23-24-20(25)22-21(28)30)15-9-18(29-4)17(27)10-16(15)26/h5-12,26-27H,1-4H3,(H2,22,24,28,30). The van der Waals surface area contributed by atoms with Gasteiger partial charge < -0.3 is 20.1 Å². The average Bonchev–Trinajstić information content (AvgIpc) is 3.10. The van der Waals surface area contributed by atoms with Crippen LogP contribution in [0.2, 0.25) is 0 Å². The van der Waals surface area contributed by atoms with E-state index >= 15 is 0 Å². The number of benzene rings is 2. The largest absolute Gasteiger partial charge is 0.507 e. The van der Waals surface area contributed by atoms with Crippen molar-refractivity contribution in [1.82, 2.24) is 14.8 Å². The van der Waals surface area contributed by atoms with Crippen molar-refractivity contribution in [2.45, 2.75) is 26.7 Å². The number of phenols is 2. The number of thiocarbonyl (C=S) groups is 1. The summed E-state index contributed by atoms with van der Waals surface area (Å²) in [6, 6.07) is 10.5. The first kappa shape index (κ1) is 21.4. The van der Waals surface area contributed by atoms with Gasteiger partial charge in [-0.2, -0.15) is 0 Å². The molecule has 0 saturated heterocycles. The van der Waals surface area contributed by atoms with Crippen molar-refractivity contribution < 1.29 is 20.1 Å². The molecule has 0 aliphatic rings. The maximum atomic E-state index is 10.5. The summed E-state index contributed by atoms with van der Waals surface area (Å²) in [7, 11) is 1.41. The highest BCUT2D eigenvalue weighted by Gasteiger charge is 2.22. The second-order valence-electron chi connectivity index (χ2n) is 7.28. The van der Waals surface area contributed by atoms with Crippen molar-refractivity contribution in [3.05, 3.63) is 42.0 Å². The number of methoxy groups -OCH3 is 1. The smallest absolute Gasteiger partial charge is 0.261 e. The molecule has 0 radical (unpaired) electrons. The summed E-state index contributed by atoms with van der Waals surface area (Å²) in [6.45, 7) is 6.45. The minimum absolute atomic E-state index is 0.173. The van der Waals surface area contributed by atoms with Crippen LogP contribution < -0.4 is 10.1 Å². The zero-order valence-corrected chi connectivity index (χ0v) is 17.9. The lowest BCUT2D eigenvalue weighted by molar-refractivity contribution is 0.370. The van der Waals surface area contributed by atoms with Gasteiger partial charge in [-0.15, -0.1) is 10.2 Å². The summed E-state index contributed by atoms with van der Waals surface area (Å²) in [6.07, 6.45) is 0. The van der Waals surface area contributed by atoms with Crippen LogP contribution in [-0.4, -0.2) is 42.4 Å². The van der Waals surface area contributed by atoms with Gasteiger partial charge in [0, 0.05) is 6.07 Å². The van der Waals surface area contributed by atoms with E-state index in [1.807, 2.05) is 24.3 Å². The summed E-state index contributed by atoms with van der Waals surface area (Å²) in [5.41, 5.74) is 2.12. The van der Waals surface area contributed by atoms with E-state index in [-0.39, 0.29) is 34.6 Å². The fraction of sp³-hybridized carbons (Fsp3) is 0.286. The molecule has 4 N–H and O–H groups in total. The Kier molecular flexibility index (Phi) is 6.12. The Morgan fingerprint density at radius 1 is 1.10 bits per heavy atom. The van der Waals surface area contributed by atoms with Crippen LogP contribution in [0.5, 0.6) is 17.2 Å². The quantitative estimate of drug-likeness (QED) is 0.428. The fourth-order valence-corrected chi connectivity index (χ4v) is 3.20. The number of anilines is 1. The predicted octanol–water partition coefficient (Wildman–Crippen LogP) is 4.37. The van der Waals surface area contributed by atoms with Gasteiger partial charge in [-0.05, 0) is 47.8 Å². The van der Waals surface area contributed by atoms with Gasteiger partial charge in [-0.25, -0.2) is 0 Å². The Morgan fingerprint density at radius 2 is 1.83 bits per heavy atom. The second kappa shape index (κ2) is 8.58. The van der Waals surface area contributed by atoms with Gasteiger partial charge in [0.2, 0.25) is 5.95 Å². The molecule has 1 heterocycles. The van der Waals surface area contributed by atoms with Crippen LogP contribution in [0, 0.1) is 5.92 Å². The van der Waals surface area contributed by atoms with Crippen molar-refractivity contribution in [2.75, 3.05) is 12.4 Å². The zero-order valence-electron chi connectivity index (χ0n) is 17.1. The third-order valence-corrected chi connectivity index (χ3v) is 5.18. The lowest BCUT2D eigenvalue weighted by atomic mass is 9.90. The Labute approximate surface area is 179 Å². The summed E-state index contributed by atoms with van der Waals surface area (Å²) in [4.78, 5) is 0. The molecule has 0 bridgehead atoms. The van der Waals surface area contributed by atoms with Crippen molar-refractivity contribution in [2.24, 2.45) is 5.92 Å². The molecule has 0 aliphatic carbocycles. The first-order valence-corrected chi connectivity index (χ1v) is 9.79. The van der Waals surface area contributed by atoms with Crippen LogP contribution in [0.25, 0.3) is 17.1 Å². The van der Waals surface area contributed by atoms with Crippen molar-refractivity contribution in [1.29, 1.82) is 0 Å². The SMILES string of the molecule is COc1cc(-c2nnc(NC(O)=S)n2-c2cccc(C(C)C(C)C)c2)c(O)cc1O. The summed E-state index contributed by atoms with van der Waals surface area (Å²) < 4.78 is 6.79. The maximum absolute atomic E-state index is 10.5. The highest BCUT2D eigenvalue weighted by molar-refractivity contribution is 7.80. The van der Waals surface area contributed by atoms with Gasteiger partial charge in [0.15, 0.2) is 17.3 Å². The molecule has 1 unspecified atom stereocenters. The fourth-order valence-electron chi connectivity index (χ4n) is 3.11. The molecule has 3 rings (SSSR count). The molecule has 158 valence electrons. The van der Waals surface area contributed by atoms with Gasteiger partial charge in [0.25, 0.3) is 5.17 Å². The molecule has 1 atom stereocenters. The topological polar surface area (TPSA) is 113 Å². The number of ether oxygens (including phenoxy) is 1. The predicted molar refractivity (Wildman–Crippen MR) is 119 cm³/mol. The molecular weight excluding hydrogens is 404 g/mol. The molecule has 3 aromatic rings. The van der Waals surface area contributed by atoms with Crippen molar-refractivity contribution >= 4 is 23.3 Å². The van der Waals surface area contributed by atoms with Crippen molar-refractivity contribution in [3.63, 3.8) is 0 Å². The number of nitrogens with zero attached hydrogens (tertiary/aromatic N) is 3. The second-order valence-corrected chi connectivity index (χ2v) is 7.67. The van der Waals surface area contributed by atoms with Gasteiger partial charge in [0.1, 0.15) is 5.75 Å². The van der Waals surface area contributed by atoms with E-state index in [2.05, 4.69) is 36.3 Å². The number of aliphatic hydroxyl groups is 1. The molecule has 0 fully saturated rings. The number of hydrogen-bond donors (Lipinski definition) is 4. The number of phenolic OH excluding ortho intramolecular Hbond substituents is 2. The zero-order chi connectivity index (χ0) is 22.0. The summed E-state index contributed by atoms with van der Waals surface area (Å²) in [5, 5.41) is 40.4. The lowest BCUT2D eigenvalue weighted by Crippen LogP contribution is -2.13. The minimum atomic E-state index is -0.464. The number of nitrogens with one attached hydrogen (secondary N) is 1. The molecule has 1 aromatic heterocycles. The molecule has 0 amide bonds. The Balaban J connectivity index is 2.23. The van der Waals surface area contributed by atoms with Gasteiger partial charge >= 0.3 is 0 Å². The normalized spacial score (nSPS) is 12.0. The summed E-state index contributed by atoms with van der Waals surface area (Å²) >= 11 is 4.76. The third kappa shape index (κ3) is 4.16. The van der Waals surface area contributed by atoms with Crippen LogP contribution in [-0.2, 0) is 0 Å². The highest BCUT2D eigenvalue weighted by atomic mass is 32.1.